The molecule has 1 unspecified atom stereocenters. The van der Waals surface area contributed by atoms with Crippen molar-refractivity contribution >= 4 is 17.7 Å². The van der Waals surface area contributed by atoms with Crippen LogP contribution >= 0.6 is 0 Å². The Morgan fingerprint density at radius 1 is 1.10 bits per heavy atom. The summed E-state index contributed by atoms with van der Waals surface area (Å²) in [6.45, 7) is 1.79. The highest BCUT2D eigenvalue weighted by Gasteiger charge is 2.37. The van der Waals surface area contributed by atoms with Crippen molar-refractivity contribution in [1.82, 2.24) is 4.90 Å². The lowest BCUT2D eigenvalue weighted by atomic mass is 10.0. The van der Waals surface area contributed by atoms with Gasteiger partial charge in [-0.3, -0.25) is 9.69 Å². The van der Waals surface area contributed by atoms with Crippen LogP contribution in [0.1, 0.15) is 30.7 Å². The number of fused-ring (bicyclic) bond motifs is 1. The molecule has 0 radical (unpaired) electrons. The van der Waals surface area contributed by atoms with Gasteiger partial charge in [-0.25, -0.2) is 4.79 Å². The van der Waals surface area contributed by atoms with Crippen molar-refractivity contribution in [2.24, 2.45) is 0 Å². The summed E-state index contributed by atoms with van der Waals surface area (Å²) < 4.78 is 0. The van der Waals surface area contributed by atoms with Gasteiger partial charge in [0.05, 0.1) is 0 Å². The molecule has 5 heteroatoms. The number of carboxylic acids is 1. The number of hydrogen-bond donors (Lipinski definition) is 1. The lowest BCUT2D eigenvalue weighted by molar-refractivity contribution is -0.138. The molecule has 0 spiro atoms. The largest absolute Gasteiger partial charge is 0.481 e. The minimum atomic E-state index is -0.869. The van der Waals surface area contributed by atoms with E-state index >= 15 is 0 Å². The molecule has 2 aliphatic rings. The van der Waals surface area contributed by atoms with Gasteiger partial charge in [0.1, 0.15) is 5.92 Å². The number of nitrogens with zero attached hydrogens (tertiary/aromatic N) is 2. The van der Waals surface area contributed by atoms with Gasteiger partial charge in [-0.2, -0.15) is 0 Å². The lowest BCUT2D eigenvalue weighted by Gasteiger charge is -2.31. The molecule has 1 saturated heterocycles. The lowest BCUT2D eigenvalue weighted by Crippen LogP contribution is -2.45. The van der Waals surface area contributed by atoms with Crippen molar-refractivity contribution in [3.8, 4) is 0 Å². The van der Waals surface area contributed by atoms with E-state index < -0.39 is 11.9 Å². The first kappa shape index (κ1) is 13.0. The molecule has 2 aliphatic heterocycles. The van der Waals surface area contributed by atoms with E-state index in [1.54, 1.807) is 11.0 Å². The summed E-state index contributed by atoms with van der Waals surface area (Å²) in [7, 11) is 0. The quantitative estimate of drug-likeness (QED) is 0.854. The van der Waals surface area contributed by atoms with E-state index in [9.17, 15) is 14.7 Å². The maximum Gasteiger partial charge on any atom is 0.324 e. The number of anilines is 1. The fraction of sp³-hybridized carbons (Fsp3) is 0.467. The summed E-state index contributed by atoms with van der Waals surface area (Å²) in [5, 5.41) is 9.32. The monoisotopic (exact) mass is 274 g/mol. The summed E-state index contributed by atoms with van der Waals surface area (Å²) in [5.74, 6) is -1.48. The molecule has 1 N–H and O–H groups in total. The predicted octanol–water partition coefficient (Wildman–Crippen LogP) is 2.28. The van der Waals surface area contributed by atoms with Crippen LogP contribution in [0, 0.1) is 0 Å². The number of aliphatic carboxylic acids is 1. The number of carbonyl (C=O) groups excluding carboxylic acids is 1. The number of benzene rings is 1. The molecule has 0 aliphatic carbocycles. The van der Waals surface area contributed by atoms with E-state index in [0.717, 1.165) is 43.6 Å². The van der Waals surface area contributed by atoms with Crippen molar-refractivity contribution in [3.63, 3.8) is 0 Å². The standard InChI is InChI=1S/C15H18N2O3/c18-14(19)12-10-17(13-7-3-2-6-11(12)13)15(20)16-8-4-1-5-9-16/h2-3,6-7,12H,1,4-5,8-10H2,(H,18,19). The number of likely N-dealkylation sites (tertiary alicyclic amines) is 1. The Labute approximate surface area is 117 Å². The molecule has 0 saturated carbocycles. The van der Waals surface area contributed by atoms with E-state index in [2.05, 4.69) is 0 Å². The summed E-state index contributed by atoms with van der Waals surface area (Å²) in [5.41, 5.74) is 1.49. The van der Waals surface area contributed by atoms with Crippen molar-refractivity contribution in [2.45, 2.75) is 25.2 Å². The number of piperidine rings is 1. The highest BCUT2D eigenvalue weighted by Crippen LogP contribution is 2.37. The predicted molar refractivity (Wildman–Crippen MR) is 75.0 cm³/mol. The SMILES string of the molecule is O=C(O)C1CN(C(=O)N2CCCCC2)c2ccccc21. The first-order chi connectivity index (χ1) is 9.68. The summed E-state index contributed by atoms with van der Waals surface area (Å²) in [6.07, 6.45) is 3.23. The zero-order valence-electron chi connectivity index (χ0n) is 11.3. The molecule has 1 atom stereocenters. The van der Waals surface area contributed by atoms with Crippen LogP contribution < -0.4 is 4.90 Å². The molecule has 2 heterocycles. The Morgan fingerprint density at radius 2 is 1.80 bits per heavy atom. The molecule has 3 rings (SSSR count). The molecule has 20 heavy (non-hydrogen) atoms. The molecule has 5 nitrogen and oxygen atoms in total. The van der Waals surface area contributed by atoms with Crippen LogP contribution in [0.15, 0.2) is 24.3 Å². The average Bonchev–Trinajstić information content (AvgIpc) is 2.87. The summed E-state index contributed by atoms with van der Waals surface area (Å²) >= 11 is 0. The van der Waals surface area contributed by atoms with Crippen LogP contribution in [0.2, 0.25) is 0 Å². The second-order valence-electron chi connectivity index (χ2n) is 5.39. The third kappa shape index (κ3) is 2.13. The van der Waals surface area contributed by atoms with Crippen LogP contribution in [0.25, 0.3) is 0 Å². The minimum absolute atomic E-state index is 0.0547. The number of carbonyl (C=O) groups is 2. The Bertz CT molecular complexity index is 538. The van der Waals surface area contributed by atoms with E-state index in [0.29, 0.717) is 0 Å². The smallest absolute Gasteiger partial charge is 0.324 e. The molecule has 0 aromatic heterocycles. The van der Waals surface area contributed by atoms with Crippen LogP contribution in [-0.2, 0) is 4.79 Å². The molecule has 1 aromatic carbocycles. The maximum atomic E-state index is 12.6. The maximum absolute atomic E-state index is 12.6. The number of hydrogen-bond acceptors (Lipinski definition) is 2. The van der Waals surface area contributed by atoms with Crippen molar-refractivity contribution in [3.05, 3.63) is 29.8 Å². The molecule has 106 valence electrons. The Hall–Kier alpha value is -2.04. The van der Waals surface area contributed by atoms with E-state index in [4.69, 9.17) is 0 Å². The molecule has 1 aromatic rings. The third-order valence-corrected chi connectivity index (χ3v) is 4.12. The van der Waals surface area contributed by atoms with Gasteiger partial charge < -0.3 is 10.0 Å². The van der Waals surface area contributed by atoms with Gasteiger partial charge in [-0.05, 0) is 30.9 Å². The van der Waals surface area contributed by atoms with Crippen LogP contribution in [0.3, 0.4) is 0 Å². The van der Waals surface area contributed by atoms with Gasteiger partial charge in [0.2, 0.25) is 0 Å². The molecular formula is C15H18N2O3. The van der Waals surface area contributed by atoms with Gasteiger partial charge in [-0.1, -0.05) is 18.2 Å². The Balaban J connectivity index is 1.87. The highest BCUT2D eigenvalue weighted by atomic mass is 16.4. The average molecular weight is 274 g/mol. The normalized spacial score (nSPS) is 21.7. The zero-order chi connectivity index (χ0) is 14.1. The van der Waals surface area contributed by atoms with Crippen LogP contribution in [0.4, 0.5) is 10.5 Å². The Kier molecular flexibility index (Phi) is 3.34. The minimum Gasteiger partial charge on any atom is -0.481 e. The molecule has 2 amide bonds. The van der Waals surface area contributed by atoms with Gasteiger partial charge in [0.25, 0.3) is 0 Å². The second kappa shape index (κ2) is 5.15. The summed E-state index contributed by atoms with van der Waals surface area (Å²) in [4.78, 5) is 27.4. The van der Waals surface area contributed by atoms with Crippen molar-refractivity contribution in [1.29, 1.82) is 0 Å². The number of rotatable bonds is 1. The fourth-order valence-corrected chi connectivity index (χ4v) is 3.06. The van der Waals surface area contributed by atoms with Gasteiger partial charge in [-0.15, -0.1) is 0 Å². The van der Waals surface area contributed by atoms with Crippen molar-refractivity contribution in [2.75, 3.05) is 24.5 Å². The molecule has 1 fully saturated rings. The number of urea groups is 1. The van der Waals surface area contributed by atoms with E-state index in [1.165, 1.54) is 0 Å². The molecule has 0 bridgehead atoms. The highest BCUT2D eigenvalue weighted by molar-refractivity contribution is 5.98. The number of carboxylic acid groups (broad SMARTS) is 1. The first-order valence-corrected chi connectivity index (χ1v) is 7.06. The van der Waals surface area contributed by atoms with Crippen LogP contribution in [-0.4, -0.2) is 41.6 Å². The number of amides is 2. The second-order valence-corrected chi connectivity index (χ2v) is 5.39. The van der Waals surface area contributed by atoms with Gasteiger partial charge >= 0.3 is 12.0 Å². The topological polar surface area (TPSA) is 60.9 Å². The first-order valence-electron chi connectivity index (χ1n) is 7.06. The number of para-hydroxylation sites is 1. The van der Waals surface area contributed by atoms with Crippen molar-refractivity contribution < 1.29 is 14.7 Å². The van der Waals surface area contributed by atoms with E-state index in [1.807, 2.05) is 23.1 Å². The van der Waals surface area contributed by atoms with Gasteiger partial charge in [0.15, 0.2) is 0 Å². The zero-order valence-corrected chi connectivity index (χ0v) is 11.3. The van der Waals surface area contributed by atoms with E-state index in [-0.39, 0.29) is 12.6 Å². The molecular weight excluding hydrogens is 256 g/mol. The van der Waals surface area contributed by atoms with Gasteiger partial charge in [0, 0.05) is 25.3 Å². The Morgan fingerprint density at radius 3 is 2.50 bits per heavy atom. The summed E-state index contributed by atoms with van der Waals surface area (Å²) in [6, 6.07) is 7.25. The fourth-order valence-electron chi connectivity index (χ4n) is 3.06. The van der Waals surface area contributed by atoms with Crippen LogP contribution in [0.5, 0.6) is 0 Å². The third-order valence-electron chi connectivity index (χ3n) is 4.12.